The molecule has 0 atom stereocenters. The van der Waals surface area contributed by atoms with Gasteiger partial charge in [0.2, 0.25) is 0 Å². The van der Waals surface area contributed by atoms with Gasteiger partial charge < -0.3 is 4.28 Å². The van der Waals surface area contributed by atoms with E-state index < -0.39 is 6.35 Å². The molecule has 1 aliphatic heterocycles. The summed E-state index contributed by atoms with van der Waals surface area (Å²) in [5, 5.41) is 7.58. The summed E-state index contributed by atoms with van der Waals surface area (Å²) < 4.78 is 3.77. The summed E-state index contributed by atoms with van der Waals surface area (Å²) in [5.74, 6) is 0. The Balaban J connectivity index is 1.53. The Morgan fingerprint density at radius 2 is 0.907 bits per heavy atom. The second kappa shape index (κ2) is 10.4. The first-order valence-corrected chi connectivity index (χ1v) is 15.3. The van der Waals surface area contributed by atoms with Crippen molar-refractivity contribution < 1.29 is 4.28 Å². The third-order valence-electron chi connectivity index (χ3n) is 9.68. The van der Waals surface area contributed by atoms with Crippen LogP contribution in [0.3, 0.4) is 0 Å². The fourth-order valence-corrected chi connectivity index (χ4v) is 7.64. The van der Waals surface area contributed by atoms with Gasteiger partial charge in [0, 0.05) is 6.42 Å². The zero-order valence-electron chi connectivity index (χ0n) is 24.4. The predicted octanol–water partition coefficient (Wildman–Crippen LogP) is 8.94. The average Bonchev–Trinajstić information content (AvgIpc) is 3.08. The molecule has 0 saturated carbocycles. The van der Waals surface area contributed by atoms with Crippen LogP contribution in [0.5, 0.6) is 0 Å². The molecule has 0 amide bonds. The highest BCUT2D eigenvalue weighted by Crippen LogP contribution is 2.43. The molecular formula is C41H33BO. The molecule has 0 aliphatic carbocycles. The summed E-state index contributed by atoms with van der Waals surface area (Å²) in [6.45, 7) is 0.890. The first kappa shape index (κ1) is 25.8. The van der Waals surface area contributed by atoms with Crippen molar-refractivity contribution >= 4 is 60.6 Å². The number of fused-ring (bicyclic) bond motifs is 3. The van der Waals surface area contributed by atoms with Gasteiger partial charge >= 0.3 is 6.35 Å². The third-order valence-corrected chi connectivity index (χ3v) is 9.68. The lowest BCUT2D eigenvalue weighted by Gasteiger charge is -2.52. The van der Waals surface area contributed by atoms with Crippen molar-refractivity contribution in [3.63, 3.8) is 0 Å². The molecule has 7 aromatic carbocycles. The van der Waals surface area contributed by atoms with E-state index in [1.165, 1.54) is 65.4 Å². The van der Waals surface area contributed by atoms with Gasteiger partial charge in [0.1, 0.15) is 6.61 Å². The molecule has 2 heteroatoms. The summed E-state index contributed by atoms with van der Waals surface area (Å²) in [5.41, 5.74) is 8.02. The van der Waals surface area contributed by atoms with Crippen molar-refractivity contribution in [1.82, 2.24) is 0 Å². The van der Waals surface area contributed by atoms with Gasteiger partial charge in [-0.2, -0.15) is 0 Å². The highest BCUT2D eigenvalue weighted by atomic mass is 16.6. The molecule has 0 spiro atoms. The van der Waals surface area contributed by atoms with E-state index in [1.807, 2.05) is 0 Å². The maximum atomic E-state index is 3.77. The largest absolute Gasteiger partial charge is 0.662 e. The van der Waals surface area contributed by atoms with Crippen LogP contribution in [0.4, 0.5) is 0 Å². The van der Waals surface area contributed by atoms with Crippen LogP contribution < -0.4 is 10.9 Å². The molecule has 0 radical (unpaired) electrons. The maximum absolute atomic E-state index is 3.77. The van der Waals surface area contributed by atoms with Crippen molar-refractivity contribution in [1.29, 1.82) is 0 Å². The lowest BCUT2D eigenvalue weighted by atomic mass is 9.25. The molecule has 0 N–H and O–H groups in total. The summed E-state index contributed by atoms with van der Waals surface area (Å²) in [6.07, 6.45) is -0.653. The van der Waals surface area contributed by atoms with Crippen LogP contribution in [-0.4, -0.2) is 20.1 Å². The van der Waals surface area contributed by atoms with Gasteiger partial charge in [-0.1, -0.05) is 163 Å². The fraction of sp³-hybridized carbons (Fsp3) is 0.0732. The van der Waals surface area contributed by atoms with E-state index in [0.717, 1.165) is 13.0 Å². The molecule has 1 heterocycles. The molecule has 206 valence electrons. The van der Waals surface area contributed by atoms with Crippen LogP contribution in [0.1, 0.15) is 17.5 Å². The van der Waals surface area contributed by atoms with E-state index >= 15 is 0 Å². The molecule has 0 aromatic heterocycles. The second-order valence-corrected chi connectivity index (χ2v) is 12.0. The number of benzene rings is 7. The topological polar surface area (TPSA) is 2.70 Å². The standard InChI is InChI=1S/C41H33BO/c1-43-26-25-40(33-14-3-2-4-15-33)41(37-20-19-30-11-5-8-16-34(30)27-37)42(43,38-23-21-31-12-6-9-17-35(31)28-38)39-24-22-32-13-7-10-18-36(32)29-39/h2-24,27-29H,25-26H2,1H3. The third kappa shape index (κ3) is 4.21. The normalized spacial score (nSPS) is 15.4. The van der Waals surface area contributed by atoms with E-state index in [9.17, 15) is 0 Å². The fourth-order valence-electron chi connectivity index (χ4n) is 7.64. The smallest absolute Gasteiger partial charge is 0.377 e. The molecule has 0 unspecified atom stereocenters. The van der Waals surface area contributed by atoms with Gasteiger partial charge in [-0.05, 0) is 43.9 Å². The van der Waals surface area contributed by atoms with Gasteiger partial charge in [0.25, 0.3) is 0 Å². The van der Waals surface area contributed by atoms with Gasteiger partial charge in [-0.15, -0.1) is 16.4 Å². The first-order valence-electron chi connectivity index (χ1n) is 15.3. The van der Waals surface area contributed by atoms with E-state index in [-0.39, 0.29) is 0 Å². The van der Waals surface area contributed by atoms with E-state index in [0.29, 0.717) is 0 Å². The monoisotopic (exact) mass is 552 g/mol. The van der Waals surface area contributed by atoms with Crippen LogP contribution in [0.15, 0.2) is 158 Å². The minimum Gasteiger partial charge on any atom is -0.662 e. The lowest BCUT2D eigenvalue weighted by molar-refractivity contribution is 0.0582. The highest BCUT2D eigenvalue weighted by molar-refractivity contribution is 7.12. The maximum Gasteiger partial charge on any atom is 0.377 e. The zero-order chi connectivity index (χ0) is 28.8. The molecule has 0 fully saturated rings. The SMILES string of the molecule is C[O+]1CCC(c2ccccc2)=C(c2ccc3ccccc3c2)[B-]1(c1ccc2ccccc2c1)c1ccc2ccccc2c1. The minimum atomic E-state index is -1.61. The Labute approximate surface area is 253 Å². The summed E-state index contributed by atoms with van der Waals surface area (Å²) in [6, 6.07) is 58.5. The molecule has 8 rings (SSSR count). The van der Waals surface area contributed by atoms with Crippen molar-refractivity contribution in [2.24, 2.45) is 0 Å². The predicted molar refractivity (Wildman–Crippen MR) is 187 cm³/mol. The molecule has 0 bridgehead atoms. The molecule has 1 nitrogen and oxygen atoms in total. The van der Waals surface area contributed by atoms with E-state index in [2.05, 4.69) is 169 Å². The Morgan fingerprint density at radius 3 is 1.47 bits per heavy atom. The Bertz CT molecular complexity index is 2080. The quantitative estimate of drug-likeness (QED) is 0.151. The van der Waals surface area contributed by atoms with Crippen LogP contribution in [0, 0.1) is 0 Å². The average molecular weight is 553 g/mol. The number of rotatable bonds is 4. The summed E-state index contributed by atoms with van der Waals surface area (Å²) in [4.78, 5) is 0. The summed E-state index contributed by atoms with van der Waals surface area (Å²) >= 11 is 0. The number of hydrogen-bond acceptors (Lipinski definition) is 0. The van der Waals surface area contributed by atoms with Crippen LogP contribution in [0.2, 0.25) is 0 Å². The van der Waals surface area contributed by atoms with Gasteiger partial charge in [-0.25, -0.2) is 0 Å². The molecule has 43 heavy (non-hydrogen) atoms. The van der Waals surface area contributed by atoms with E-state index in [4.69, 9.17) is 0 Å². The minimum absolute atomic E-state index is 0.890. The van der Waals surface area contributed by atoms with Gasteiger partial charge in [0.05, 0.1) is 7.11 Å². The van der Waals surface area contributed by atoms with Gasteiger partial charge in [-0.3, -0.25) is 0 Å². The van der Waals surface area contributed by atoms with E-state index in [1.54, 1.807) is 0 Å². The molecular weight excluding hydrogens is 519 g/mol. The molecule has 1 aliphatic rings. The Morgan fingerprint density at radius 1 is 0.442 bits per heavy atom. The number of hydrogen-bond donors (Lipinski definition) is 0. The Kier molecular flexibility index (Phi) is 6.24. The van der Waals surface area contributed by atoms with Crippen LogP contribution in [-0.2, 0) is 4.28 Å². The highest BCUT2D eigenvalue weighted by Gasteiger charge is 2.49. The Hall–Kier alpha value is -4.92. The first-order chi connectivity index (χ1) is 21.2. The summed E-state index contributed by atoms with van der Waals surface area (Å²) in [7, 11) is 2.26. The van der Waals surface area contributed by atoms with Crippen LogP contribution in [0.25, 0.3) is 43.4 Å². The van der Waals surface area contributed by atoms with Crippen LogP contribution >= 0.6 is 0 Å². The molecule has 7 aromatic rings. The van der Waals surface area contributed by atoms with Crippen molar-refractivity contribution in [2.45, 2.75) is 6.42 Å². The van der Waals surface area contributed by atoms with Crippen molar-refractivity contribution in [3.05, 3.63) is 169 Å². The van der Waals surface area contributed by atoms with Gasteiger partial charge in [0.15, 0.2) is 0 Å². The zero-order valence-corrected chi connectivity index (χ0v) is 24.4. The van der Waals surface area contributed by atoms with Crippen molar-refractivity contribution in [2.75, 3.05) is 13.7 Å². The second-order valence-electron chi connectivity index (χ2n) is 12.0. The molecule has 0 saturated heterocycles. The lowest BCUT2D eigenvalue weighted by Crippen LogP contribution is -2.68. The van der Waals surface area contributed by atoms with Crippen molar-refractivity contribution in [3.8, 4) is 0 Å².